The van der Waals surface area contributed by atoms with E-state index in [1.807, 2.05) is 13.6 Å². The van der Waals surface area contributed by atoms with Crippen LogP contribution < -0.4 is 5.32 Å². The summed E-state index contributed by atoms with van der Waals surface area (Å²) in [5.74, 6) is 0. The van der Waals surface area contributed by atoms with Crippen molar-refractivity contribution >= 4 is 0 Å². The van der Waals surface area contributed by atoms with Crippen molar-refractivity contribution in [3.05, 3.63) is 6.54 Å². The standard InChI is InChI=1S/C4H10N.Y/c1-3-4-5-2;/h4-5H,3H2,1-2H3;/q-1;. The first-order chi connectivity index (χ1) is 2.41. The molecule has 0 saturated heterocycles. The van der Waals surface area contributed by atoms with E-state index in [4.69, 9.17) is 0 Å². The first kappa shape index (κ1) is 10.1. The smallest absolute Gasteiger partial charge is 0 e. The summed E-state index contributed by atoms with van der Waals surface area (Å²) in [5.41, 5.74) is 0. The molecule has 2 heteroatoms. The minimum absolute atomic E-state index is 0. The van der Waals surface area contributed by atoms with Gasteiger partial charge in [-0.1, -0.05) is 6.92 Å². The van der Waals surface area contributed by atoms with Gasteiger partial charge in [0.05, 0.1) is 0 Å². The second-order valence-electron chi connectivity index (χ2n) is 0.901. The van der Waals surface area contributed by atoms with E-state index in [0.717, 1.165) is 6.42 Å². The molecule has 0 aliphatic rings. The van der Waals surface area contributed by atoms with Gasteiger partial charge in [0.15, 0.2) is 0 Å². The van der Waals surface area contributed by atoms with E-state index in [9.17, 15) is 0 Å². The minimum atomic E-state index is 0. The topological polar surface area (TPSA) is 12.0 Å². The summed E-state index contributed by atoms with van der Waals surface area (Å²) in [6.07, 6.45) is 1.11. The van der Waals surface area contributed by atoms with E-state index in [-0.39, 0.29) is 32.7 Å². The summed E-state index contributed by atoms with van der Waals surface area (Å²) in [4.78, 5) is 0. The van der Waals surface area contributed by atoms with Gasteiger partial charge in [0.1, 0.15) is 0 Å². The molecule has 35 valence electrons. The second kappa shape index (κ2) is 9.42. The van der Waals surface area contributed by atoms with Crippen LogP contribution in [0.15, 0.2) is 0 Å². The van der Waals surface area contributed by atoms with Crippen molar-refractivity contribution in [1.29, 1.82) is 0 Å². The second-order valence-corrected chi connectivity index (χ2v) is 0.901. The van der Waals surface area contributed by atoms with Crippen molar-refractivity contribution < 1.29 is 32.7 Å². The largest absolute Gasteiger partial charge is 0.472 e. The molecular weight excluding hydrogens is 151 g/mol. The van der Waals surface area contributed by atoms with Crippen LogP contribution in [0.3, 0.4) is 0 Å². The maximum Gasteiger partial charge on any atom is 0 e. The van der Waals surface area contributed by atoms with Crippen LogP contribution in [0.1, 0.15) is 13.3 Å². The summed E-state index contributed by atoms with van der Waals surface area (Å²) in [7, 11) is 1.91. The average molecular weight is 161 g/mol. The fourth-order valence-electron chi connectivity index (χ4n) is 0.204. The van der Waals surface area contributed by atoms with Gasteiger partial charge in [-0.15, -0.1) is 0 Å². The van der Waals surface area contributed by atoms with Gasteiger partial charge < -0.3 is 5.32 Å². The summed E-state index contributed by atoms with van der Waals surface area (Å²) in [6.45, 7) is 4.09. The molecule has 1 radical (unpaired) electrons. The minimum Gasteiger partial charge on any atom is -0.472 e. The average Bonchev–Trinajstić information content (AvgIpc) is 1.41. The molecule has 1 nitrogen and oxygen atoms in total. The Bertz CT molecular complexity index is 15.0. The van der Waals surface area contributed by atoms with Crippen LogP contribution in [0.2, 0.25) is 0 Å². The molecule has 0 rings (SSSR count). The van der Waals surface area contributed by atoms with Crippen molar-refractivity contribution in [3.8, 4) is 0 Å². The van der Waals surface area contributed by atoms with E-state index in [2.05, 4.69) is 12.2 Å². The molecule has 0 heterocycles. The fourth-order valence-corrected chi connectivity index (χ4v) is 0.204. The molecule has 0 atom stereocenters. The van der Waals surface area contributed by atoms with Crippen molar-refractivity contribution in [3.63, 3.8) is 0 Å². The zero-order valence-electron chi connectivity index (χ0n) is 4.36. The first-order valence-corrected chi connectivity index (χ1v) is 1.90. The van der Waals surface area contributed by atoms with Crippen molar-refractivity contribution in [2.75, 3.05) is 7.05 Å². The third-order valence-electron chi connectivity index (χ3n) is 0.408. The van der Waals surface area contributed by atoms with E-state index in [0.29, 0.717) is 0 Å². The predicted molar refractivity (Wildman–Crippen MR) is 23.7 cm³/mol. The molecule has 0 fully saturated rings. The molecule has 0 spiro atoms. The Labute approximate surface area is 64.8 Å². The van der Waals surface area contributed by atoms with Crippen molar-refractivity contribution in [2.45, 2.75) is 13.3 Å². The molecule has 0 amide bonds. The zero-order valence-corrected chi connectivity index (χ0v) is 7.20. The van der Waals surface area contributed by atoms with Gasteiger partial charge in [0.25, 0.3) is 0 Å². The van der Waals surface area contributed by atoms with Gasteiger partial charge in [0, 0.05) is 32.7 Å². The van der Waals surface area contributed by atoms with Crippen molar-refractivity contribution in [1.82, 2.24) is 5.32 Å². The molecule has 0 aromatic rings. The number of hydrogen-bond donors (Lipinski definition) is 1. The Kier molecular flexibility index (Phi) is 15.9. The maximum absolute atomic E-state index is 2.89. The molecule has 0 aliphatic heterocycles. The van der Waals surface area contributed by atoms with E-state index < -0.39 is 0 Å². The van der Waals surface area contributed by atoms with Gasteiger partial charge in [0.2, 0.25) is 0 Å². The summed E-state index contributed by atoms with van der Waals surface area (Å²) >= 11 is 0. The maximum atomic E-state index is 2.89. The normalized spacial score (nSPS) is 7.00. The molecule has 1 N–H and O–H groups in total. The van der Waals surface area contributed by atoms with Gasteiger partial charge in [-0.05, 0) is 7.05 Å². The molecule has 0 aromatic heterocycles. The van der Waals surface area contributed by atoms with Gasteiger partial charge >= 0.3 is 0 Å². The number of hydrogen-bond acceptors (Lipinski definition) is 1. The molecule has 0 unspecified atom stereocenters. The predicted octanol–water partition coefficient (Wildman–Crippen LogP) is 0.775. The van der Waals surface area contributed by atoms with Crippen LogP contribution in [0.25, 0.3) is 0 Å². The van der Waals surface area contributed by atoms with Gasteiger partial charge in [-0.3, -0.25) is 6.54 Å². The third kappa shape index (κ3) is 8.91. The van der Waals surface area contributed by atoms with Crippen LogP contribution in [-0.4, -0.2) is 7.05 Å². The fraction of sp³-hybridized carbons (Fsp3) is 0.750. The Hall–Kier alpha value is 1.06. The summed E-state index contributed by atoms with van der Waals surface area (Å²) < 4.78 is 0. The molecule has 6 heavy (non-hydrogen) atoms. The Morgan fingerprint density at radius 1 is 1.67 bits per heavy atom. The van der Waals surface area contributed by atoms with Crippen LogP contribution in [-0.2, 0) is 32.7 Å². The quantitative estimate of drug-likeness (QED) is 0.590. The van der Waals surface area contributed by atoms with Crippen molar-refractivity contribution in [2.24, 2.45) is 0 Å². The molecule has 0 aromatic carbocycles. The van der Waals surface area contributed by atoms with Crippen LogP contribution in [0, 0.1) is 6.54 Å². The number of nitrogens with one attached hydrogen (secondary N) is 1. The Morgan fingerprint density at radius 3 is 2.17 bits per heavy atom. The van der Waals surface area contributed by atoms with Gasteiger partial charge in [-0.25, -0.2) is 0 Å². The monoisotopic (exact) mass is 161 g/mol. The SMILES string of the molecule is CC[CH-]NC.[Y]. The summed E-state index contributed by atoms with van der Waals surface area (Å²) in [6, 6.07) is 0. The number of rotatable bonds is 2. The summed E-state index contributed by atoms with van der Waals surface area (Å²) in [5, 5.41) is 2.89. The molecule has 0 saturated carbocycles. The van der Waals surface area contributed by atoms with Crippen LogP contribution >= 0.6 is 0 Å². The molecular formula is C4H10NY-. The zero-order chi connectivity index (χ0) is 4.12. The van der Waals surface area contributed by atoms with E-state index >= 15 is 0 Å². The van der Waals surface area contributed by atoms with Crippen LogP contribution in [0.4, 0.5) is 0 Å². The van der Waals surface area contributed by atoms with Crippen LogP contribution in [0.5, 0.6) is 0 Å². The van der Waals surface area contributed by atoms with E-state index in [1.54, 1.807) is 0 Å². The first-order valence-electron chi connectivity index (χ1n) is 1.90. The molecule has 0 bridgehead atoms. The Morgan fingerprint density at radius 2 is 2.17 bits per heavy atom. The molecule has 0 aliphatic carbocycles. The van der Waals surface area contributed by atoms with Gasteiger partial charge in [-0.2, -0.15) is 6.42 Å². The Balaban J connectivity index is 0. The van der Waals surface area contributed by atoms with E-state index in [1.165, 1.54) is 0 Å². The third-order valence-corrected chi connectivity index (χ3v) is 0.408.